The molecule has 0 spiro atoms. The molecule has 1 unspecified atom stereocenters. The van der Waals surface area contributed by atoms with E-state index in [-0.39, 0.29) is 11.4 Å². The van der Waals surface area contributed by atoms with E-state index in [1.54, 1.807) is 18.3 Å². The van der Waals surface area contributed by atoms with Crippen LogP contribution >= 0.6 is 0 Å². The summed E-state index contributed by atoms with van der Waals surface area (Å²) >= 11 is 0. The molecule has 0 aliphatic carbocycles. The number of allylic oxidation sites excluding steroid dienone is 1. The molecular formula is C28H35N7O2. The molecule has 2 aromatic heterocycles. The Balaban J connectivity index is 1.56. The Hall–Kier alpha value is -3.95. The van der Waals surface area contributed by atoms with Crippen molar-refractivity contribution < 1.29 is 4.74 Å². The van der Waals surface area contributed by atoms with Crippen molar-refractivity contribution in [1.82, 2.24) is 19.8 Å². The lowest BCUT2D eigenvalue weighted by atomic mass is 10.1. The number of rotatable bonds is 10. The molecule has 3 heterocycles. The van der Waals surface area contributed by atoms with Gasteiger partial charge in [-0.3, -0.25) is 4.79 Å². The van der Waals surface area contributed by atoms with Crippen LogP contribution in [0.25, 0.3) is 10.8 Å². The summed E-state index contributed by atoms with van der Waals surface area (Å²) in [6.45, 7) is 7.17. The monoisotopic (exact) mass is 501 g/mol. The molecule has 9 nitrogen and oxygen atoms in total. The minimum Gasteiger partial charge on any atom is -0.480 e. The zero-order valence-electron chi connectivity index (χ0n) is 21.7. The van der Waals surface area contributed by atoms with E-state index in [0.717, 1.165) is 37.1 Å². The molecule has 1 atom stereocenters. The number of nitrogens with zero attached hydrogens (tertiary/aromatic N) is 4. The average molecular weight is 502 g/mol. The Labute approximate surface area is 217 Å². The van der Waals surface area contributed by atoms with Crippen LogP contribution in [0.5, 0.6) is 0 Å². The normalized spacial score (nSPS) is 16.9. The van der Waals surface area contributed by atoms with Crippen molar-refractivity contribution in [1.29, 1.82) is 0 Å². The summed E-state index contributed by atoms with van der Waals surface area (Å²) in [4.78, 5) is 29.4. The number of aromatic nitrogens is 2. The highest BCUT2D eigenvalue weighted by Gasteiger charge is 2.23. The molecule has 0 radical (unpaired) electrons. The van der Waals surface area contributed by atoms with Gasteiger partial charge >= 0.3 is 0 Å². The summed E-state index contributed by atoms with van der Waals surface area (Å²) < 4.78 is 5.16. The van der Waals surface area contributed by atoms with Gasteiger partial charge in [-0.1, -0.05) is 18.7 Å². The van der Waals surface area contributed by atoms with Crippen molar-refractivity contribution in [2.45, 2.75) is 18.9 Å². The first-order valence-electron chi connectivity index (χ1n) is 12.4. The van der Waals surface area contributed by atoms with Gasteiger partial charge in [-0.2, -0.15) is 0 Å². The van der Waals surface area contributed by atoms with E-state index in [2.05, 4.69) is 57.9 Å². The Morgan fingerprint density at radius 2 is 2.14 bits per heavy atom. The summed E-state index contributed by atoms with van der Waals surface area (Å²) in [7, 11) is 5.79. The van der Waals surface area contributed by atoms with E-state index >= 15 is 0 Å². The molecule has 0 bridgehead atoms. The number of nitrogens with two attached hydrogens (primary N) is 1. The molecule has 0 saturated carbocycles. The molecule has 4 N–H and O–H groups in total. The number of hydrogen-bond acceptors (Lipinski definition) is 8. The van der Waals surface area contributed by atoms with Gasteiger partial charge in [0, 0.05) is 31.0 Å². The maximum atomic E-state index is 12.7. The number of nitrogens with one attached hydrogen (secondary N) is 2. The van der Waals surface area contributed by atoms with Crippen LogP contribution in [-0.4, -0.2) is 72.4 Å². The number of aromatic amines is 1. The smallest absolute Gasteiger partial charge is 0.259 e. The lowest BCUT2D eigenvalue weighted by Gasteiger charge is -2.20. The minimum atomic E-state index is -0.228. The fourth-order valence-electron chi connectivity index (χ4n) is 4.53. The third-order valence-corrected chi connectivity index (χ3v) is 6.70. The number of ether oxygens (including phenoxy) is 1. The fraction of sp³-hybridized carbons (Fsp3) is 0.321. The largest absolute Gasteiger partial charge is 0.480 e. The number of hydrogen-bond donors (Lipinski definition) is 3. The van der Waals surface area contributed by atoms with Gasteiger partial charge in [-0.15, -0.1) is 0 Å². The van der Waals surface area contributed by atoms with E-state index in [1.165, 1.54) is 25.3 Å². The Kier molecular flexibility index (Phi) is 8.37. The number of anilines is 2. The molecule has 1 saturated heterocycles. The maximum absolute atomic E-state index is 12.7. The number of likely N-dealkylation sites (tertiary alicyclic amines) is 1. The van der Waals surface area contributed by atoms with Crippen LogP contribution in [0.2, 0.25) is 0 Å². The average Bonchev–Trinajstić information content (AvgIpc) is 3.38. The third-order valence-electron chi connectivity index (χ3n) is 6.70. The van der Waals surface area contributed by atoms with Crippen LogP contribution in [-0.2, 0) is 11.2 Å². The van der Waals surface area contributed by atoms with E-state index in [1.807, 2.05) is 18.2 Å². The standard InChI is InChI=1S/C28H35N7O2/c1-5-23(32-25(17-29)37-4)24-16-20-10-13-30-28(36)26(20)27(33-24)31-21-8-6-19(7-9-21)11-14-35-15-12-22(18-35)34(2)3/h5-10,13,16-17,22H,1,11-12,14-15,18,29H2,2-4H3,(H,30,36)(H,31,33)/b25-17+,32-23+. The van der Waals surface area contributed by atoms with Crippen molar-refractivity contribution in [3.8, 4) is 0 Å². The number of aliphatic imine (C=N–C) groups is 1. The van der Waals surface area contributed by atoms with Crippen molar-refractivity contribution in [3.05, 3.63) is 88.9 Å². The van der Waals surface area contributed by atoms with Gasteiger partial charge in [0.2, 0.25) is 5.88 Å². The molecule has 4 rings (SSSR count). The van der Waals surface area contributed by atoms with Gasteiger partial charge in [-0.25, -0.2) is 9.98 Å². The zero-order chi connectivity index (χ0) is 26.4. The van der Waals surface area contributed by atoms with Crippen molar-refractivity contribution in [2.24, 2.45) is 10.7 Å². The molecule has 37 heavy (non-hydrogen) atoms. The quantitative estimate of drug-likeness (QED) is 0.289. The van der Waals surface area contributed by atoms with Gasteiger partial charge in [0.25, 0.3) is 5.56 Å². The highest BCUT2D eigenvalue weighted by atomic mass is 16.5. The first kappa shape index (κ1) is 26.1. The molecule has 3 aromatic rings. The van der Waals surface area contributed by atoms with Gasteiger partial charge in [0.1, 0.15) is 5.82 Å². The second-order valence-electron chi connectivity index (χ2n) is 9.32. The molecule has 0 amide bonds. The molecular weight excluding hydrogens is 466 g/mol. The van der Waals surface area contributed by atoms with Crippen LogP contribution in [0, 0.1) is 0 Å². The van der Waals surface area contributed by atoms with Crippen molar-refractivity contribution >= 4 is 28.0 Å². The van der Waals surface area contributed by atoms with E-state index in [0.29, 0.717) is 28.7 Å². The number of H-pyrrole nitrogens is 1. The summed E-state index contributed by atoms with van der Waals surface area (Å²) in [6.07, 6.45) is 6.66. The number of pyridine rings is 2. The Morgan fingerprint density at radius 3 is 2.78 bits per heavy atom. The van der Waals surface area contributed by atoms with E-state index in [9.17, 15) is 4.79 Å². The molecule has 9 heteroatoms. The lowest BCUT2D eigenvalue weighted by molar-refractivity contribution is 0.270. The van der Waals surface area contributed by atoms with Gasteiger partial charge in [-0.05, 0) is 74.8 Å². The van der Waals surface area contributed by atoms with Crippen LogP contribution in [0.3, 0.4) is 0 Å². The predicted molar refractivity (Wildman–Crippen MR) is 150 cm³/mol. The van der Waals surface area contributed by atoms with Crippen LogP contribution in [0.15, 0.2) is 77.1 Å². The third kappa shape index (κ3) is 6.25. The fourth-order valence-corrected chi connectivity index (χ4v) is 4.53. The van der Waals surface area contributed by atoms with Gasteiger partial charge in [0.05, 0.1) is 30.1 Å². The summed E-state index contributed by atoms with van der Waals surface area (Å²) in [5, 5.41) is 4.51. The number of methoxy groups -OCH3 is 1. The minimum absolute atomic E-state index is 0.228. The first-order chi connectivity index (χ1) is 17.9. The highest BCUT2D eigenvalue weighted by Crippen LogP contribution is 2.24. The number of fused-ring (bicyclic) bond motifs is 1. The lowest BCUT2D eigenvalue weighted by Crippen LogP contribution is -2.32. The molecule has 194 valence electrons. The second kappa shape index (κ2) is 11.9. The maximum Gasteiger partial charge on any atom is 0.259 e. The van der Waals surface area contributed by atoms with Crippen molar-refractivity contribution in [3.63, 3.8) is 0 Å². The van der Waals surface area contributed by atoms with Crippen LogP contribution in [0.1, 0.15) is 17.7 Å². The predicted octanol–water partition coefficient (Wildman–Crippen LogP) is 3.22. The molecule has 1 fully saturated rings. The first-order valence-corrected chi connectivity index (χ1v) is 12.4. The van der Waals surface area contributed by atoms with Gasteiger partial charge < -0.3 is 30.6 Å². The highest BCUT2D eigenvalue weighted by molar-refractivity contribution is 6.10. The molecule has 1 aliphatic rings. The van der Waals surface area contributed by atoms with E-state index in [4.69, 9.17) is 15.5 Å². The molecule has 1 aliphatic heterocycles. The van der Waals surface area contributed by atoms with Crippen LogP contribution < -0.4 is 16.6 Å². The molecule has 1 aromatic carbocycles. The summed E-state index contributed by atoms with van der Waals surface area (Å²) in [5.74, 6) is 0.665. The topological polar surface area (TPSA) is 112 Å². The van der Waals surface area contributed by atoms with E-state index < -0.39 is 0 Å². The summed E-state index contributed by atoms with van der Waals surface area (Å²) in [6, 6.07) is 12.5. The zero-order valence-corrected chi connectivity index (χ0v) is 21.7. The Morgan fingerprint density at radius 1 is 1.35 bits per heavy atom. The van der Waals surface area contributed by atoms with Crippen molar-refractivity contribution in [2.75, 3.05) is 46.2 Å². The number of likely N-dealkylation sites (N-methyl/N-ethyl adjacent to an activating group) is 1. The SMILES string of the molecule is C=C/C(=N\C(=C/N)OC)c1cc2cc[nH]c(=O)c2c(Nc2ccc(CCN3CCC(N(C)C)C3)cc2)n1. The van der Waals surface area contributed by atoms with Gasteiger partial charge in [0.15, 0.2) is 0 Å². The second-order valence-corrected chi connectivity index (χ2v) is 9.32. The Bertz CT molecular complexity index is 1360. The number of benzene rings is 1. The van der Waals surface area contributed by atoms with Crippen LogP contribution in [0.4, 0.5) is 11.5 Å². The summed E-state index contributed by atoms with van der Waals surface area (Å²) in [5.41, 5.74) is 8.46.